The Balaban J connectivity index is 0.00000312. The number of rotatable bonds is 8. The standard InChI is InChI=1S/C17H25N3O4.HI/c1-18-17(19-9-5-3-4-6-16(21)22-2)20-11-13-7-8-14-15(10-13)24-12-23-14;/h7-8,10H,3-6,9,11-12H2,1-2H3,(H2,18,19,20);1H. The number of esters is 1. The summed E-state index contributed by atoms with van der Waals surface area (Å²) in [6, 6.07) is 5.88. The minimum absolute atomic E-state index is 0. The highest BCUT2D eigenvalue weighted by Crippen LogP contribution is 2.32. The van der Waals surface area contributed by atoms with E-state index in [0.717, 1.165) is 48.8 Å². The Labute approximate surface area is 165 Å². The smallest absolute Gasteiger partial charge is 0.305 e. The molecule has 0 bridgehead atoms. The van der Waals surface area contributed by atoms with E-state index in [0.29, 0.717) is 13.0 Å². The van der Waals surface area contributed by atoms with Gasteiger partial charge in [-0.3, -0.25) is 9.79 Å². The molecule has 7 nitrogen and oxygen atoms in total. The van der Waals surface area contributed by atoms with Crippen LogP contribution in [0.15, 0.2) is 23.2 Å². The summed E-state index contributed by atoms with van der Waals surface area (Å²) < 4.78 is 15.3. The second-order valence-electron chi connectivity index (χ2n) is 5.43. The molecule has 0 radical (unpaired) electrons. The summed E-state index contributed by atoms with van der Waals surface area (Å²) in [4.78, 5) is 15.2. The highest BCUT2D eigenvalue weighted by Gasteiger charge is 2.13. The fourth-order valence-corrected chi connectivity index (χ4v) is 2.34. The van der Waals surface area contributed by atoms with Crippen LogP contribution in [0.3, 0.4) is 0 Å². The minimum atomic E-state index is -0.149. The number of aliphatic imine (C=N–C) groups is 1. The molecule has 0 spiro atoms. The van der Waals surface area contributed by atoms with Crippen molar-refractivity contribution < 1.29 is 19.0 Å². The van der Waals surface area contributed by atoms with Gasteiger partial charge in [0.05, 0.1) is 7.11 Å². The van der Waals surface area contributed by atoms with Crippen molar-refractivity contribution in [1.29, 1.82) is 0 Å². The summed E-state index contributed by atoms with van der Waals surface area (Å²) in [6.07, 6.45) is 3.27. The number of nitrogens with one attached hydrogen (secondary N) is 2. The number of benzene rings is 1. The van der Waals surface area contributed by atoms with Gasteiger partial charge in [-0.05, 0) is 30.5 Å². The van der Waals surface area contributed by atoms with E-state index in [9.17, 15) is 4.79 Å². The van der Waals surface area contributed by atoms with Crippen LogP contribution in [0, 0.1) is 0 Å². The number of hydrogen-bond acceptors (Lipinski definition) is 5. The van der Waals surface area contributed by atoms with E-state index in [4.69, 9.17) is 9.47 Å². The van der Waals surface area contributed by atoms with Crippen molar-refractivity contribution in [3.63, 3.8) is 0 Å². The second kappa shape index (κ2) is 11.8. The zero-order chi connectivity index (χ0) is 17.2. The van der Waals surface area contributed by atoms with Gasteiger partial charge in [-0.15, -0.1) is 24.0 Å². The van der Waals surface area contributed by atoms with Crippen molar-refractivity contribution in [3.05, 3.63) is 23.8 Å². The molecule has 0 aliphatic carbocycles. The molecule has 0 saturated heterocycles. The zero-order valence-corrected chi connectivity index (χ0v) is 17.0. The maximum absolute atomic E-state index is 11.0. The summed E-state index contributed by atoms with van der Waals surface area (Å²) in [6.45, 7) is 1.74. The lowest BCUT2D eigenvalue weighted by Crippen LogP contribution is -2.37. The number of fused-ring (bicyclic) bond motifs is 1. The quantitative estimate of drug-likeness (QED) is 0.203. The van der Waals surface area contributed by atoms with Gasteiger partial charge in [0.1, 0.15) is 0 Å². The second-order valence-corrected chi connectivity index (χ2v) is 5.43. The van der Waals surface area contributed by atoms with Crippen LogP contribution >= 0.6 is 24.0 Å². The van der Waals surface area contributed by atoms with Gasteiger partial charge in [0.2, 0.25) is 6.79 Å². The van der Waals surface area contributed by atoms with Crippen LogP contribution in [-0.4, -0.2) is 39.4 Å². The van der Waals surface area contributed by atoms with Gasteiger partial charge in [0.25, 0.3) is 0 Å². The summed E-state index contributed by atoms with van der Waals surface area (Å²) >= 11 is 0. The number of unbranched alkanes of at least 4 members (excludes halogenated alkanes) is 2. The number of methoxy groups -OCH3 is 1. The van der Waals surface area contributed by atoms with Crippen molar-refractivity contribution in [2.75, 3.05) is 27.5 Å². The third kappa shape index (κ3) is 7.37. The highest BCUT2D eigenvalue weighted by molar-refractivity contribution is 14.0. The molecule has 8 heteroatoms. The normalized spacial score (nSPS) is 12.3. The van der Waals surface area contributed by atoms with Gasteiger partial charge >= 0.3 is 5.97 Å². The molecule has 1 heterocycles. The van der Waals surface area contributed by atoms with E-state index in [1.54, 1.807) is 7.05 Å². The van der Waals surface area contributed by atoms with E-state index in [1.807, 2.05) is 18.2 Å². The largest absolute Gasteiger partial charge is 0.469 e. The first-order valence-electron chi connectivity index (χ1n) is 8.13. The maximum atomic E-state index is 11.0. The van der Waals surface area contributed by atoms with Gasteiger partial charge in [-0.2, -0.15) is 0 Å². The molecule has 1 aliphatic heterocycles. The summed E-state index contributed by atoms with van der Waals surface area (Å²) in [7, 11) is 3.16. The van der Waals surface area contributed by atoms with Crippen molar-refractivity contribution in [3.8, 4) is 11.5 Å². The Bertz CT molecular complexity index is 581. The van der Waals surface area contributed by atoms with Crippen molar-refractivity contribution >= 4 is 35.9 Å². The van der Waals surface area contributed by atoms with Crippen LogP contribution < -0.4 is 20.1 Å². The minimum Gasteiger partial charge on any atom is -0.469 e. The van der Waals surface area contributed by atoms with Crippen LogP contribution in [0.5, 0.6) is 11.5 Å². The van der Waals surface area contributed by atoms with Crippen molar-refractivity contribution in [2.45, 2.75) is 32.2 Å². The van der Waals surface area contributed by atoms with E-state index in [-0.39, 0.29) is 36.7 Å². The van der Waals surface area contributed by atoms with E-state index >= 15 is 0 Å². The number of halogens is 1. The Morgan fingerprint density at radius 1 is 1.20 bits per heavy atom. The van der Waals surface area contributed by atoms with E-state index in [1.165, 1.54) is 7.11 Å². The molecular weight excluding hydrogens is 437 g/mol. The van der Waals surface area contributed by atoms with Gasteiger partial charge in [0, 0.05) is 26.6 Å². The third-order valence-electron chi connectivity index (χ3n) is 3.70. The number of hydrogen-bond donors (Lipinski definition) is 2. The lowest BCUT2D eigenvalue weighted by atomic mass is 10.2. The molecule has 0 aromatic heterocycles. The SMILES string of the molecule is CN=C(NCCCCCC(=O)OC)NCc1ccc2c(c1)OCO2.I. The molecule has 0 atom stereocenters. The third-order valence-corrected chi connectivity index (χ3v) is 3.70. The number of carbonyl (C=O) groups excluding carboxylic acids is 1. The molecule has 1 aliphatic rings. The molecule has 25 heavy (non-hydrogen) atoms. The van der Waals surface area contributed by atoms with E-state index < -0.39 is 0 Å². The maximum Gasteiger partial charge on any atom is 0.305 e. The topological polar surface area (TPSA) is 81.2 Å². The molecule has 1 aromatic carbocycles. The lowest BCUT2D eigenvalue weighted by Gasteiger charge is -2.12. The Kier molecular flexibility index (Phi) is 10.0. The number of guanidine groups is 1. The van der Waals surface area contributed by atoms with Crippen molar-refractivity contribution in [2.24, 2.45) is 4.99 Å². The predicted octanol–water partition coefficient (Wildman–Crippen LogP) is 2.43. The molecule has 1 aromatic rings. The summed E-state index contributed by atoms with van der Waals surface area (Å²) in [5.41, 5.74) is 1.10. The van der Waals surface area contributed by atoms with Crippen LogP contribution in [0.25, 0.3) is 0 Å². The fraction of sp³-hybridized carbons (Fsp3) is 0.529. The molecule has 0 fully saturated rings. The first-order valence-corrected chi connectivity index (χ1v) is 8.13. The average molecular weight is 463 g/mol. The monoisotopic (exact) mass is 463 g/mol. The first-order chi connectivity index (χ1) is 11.7. The number of ether oxygens (including phenoxy) is 3. The van der Waals surface area contributed by atoms with Gasteiger partial charge < -0.3 is 24.8 Å². The predicted molar refractivity (Wildman–Crippen MR) is 107 cm³/mol. The van der Waals surface area contributed by atoms with Crippen LogP contribution in [0.2, 0.25) is 0 Å². The number of nitrogens with zero attached hydrogens (tertiary/aromatic N) is 1. The average Bonchev–Trinajstić information content (AvgIpc) is 3.07. The van der Waals surface area contributed by atoms with Gasteiger partial charge in [0.15, 0.2) is 17.5 Å². The Morgan fingerprint density at radius 2 is 2.00 bits per heavy atom. The van der Waals surface area contributed by atoms with Crippen LogP contribution in [0.1, 0.15) is 31.2 Å². The van der Waals surface area contributed by atoms with Crippen LogP contribution in [0.4, 0.5) is 0 Å². The molecule has 140 valence electrons. The van der Waals surface area contributed by atoms with Gasteiger partial charge in [-0.1, -0.05) is 12.5 Å². The molecule has 2 N–H and O–H groups in total. The summed E-state index contributed by atoms with van der Waals surface area (Å²) in [5, 5.41) is 6.52. The Hall–Kier alpha value is -1.71. The zero-order valence-electron chi connectivity index (χ0n) is 14.7. The van der Waals surface area contributed by atoms with Gasteiger partial charge in [-0.25, -0.2) is 0 Å². The molecule has 0 amide bonds. The Morgan fingerprint density at radius 3 is 2.76 bits per heavy atom. The van der Waals surface area contributed by atoms with E-state index in [2.05, 4.69) is 20.4 Å². The molecular formula is C17H26IN3O4. The molecule has 0 unspecified atom stereocenters. The van der Waals surface area contributed by atoms with Crippen molar-refractivity contribution in [1.82, 2.24) is 10.6 Å². The highest BCUT2D eigenvalue weighted by atomic mass is 127. The lowest BCUT2D eigenvalue weighted by molar-refractivity contribution is -0.140. The molecule has 2 rings (SSSR count). The molecule has 0 saturated carbocycles. The number of carbonyl (C=O) groups is 1. The van der Waals surface area contributed by atoms with Crippen LogP contribution in [-0.2, 0) is 16.1 Å². The fourth-order valence-electron chi connectivity index (χ4n) is 2.34. The first kappa shape index (κ1) is 21.3. The summed E-state index contributed by atoms with van der Waals surface area (Å²) in [5.74, 6) is 2.17.